The molecule has 1 aliphatic heterocycles. The first-order valence-corrected chi connectivity index (χ1v) is 12.7. The molecule has 1 amide bonds. The molecule has 5 nitrogen and oxygen atoms in total. The zero-order valence-electron chi connectivity index (χ0n) is 17.0. The molecule has 1 heterocycles. The fourth-order valence-corrected chi connectivity index (χ4v) is 6.36. The summed E-state index contributed by atoms with van der Waals surface area (Å²) in [6, 6.07) is 21.5. The number of ether oxygens (including phenoxy) is 1. The van der Waals surface area contributed by atoms with Crippen LogP contribution in [0, 0.1) is 9.39 Å². The van der Waals surface area contributed by atoms with Gasteiger partial charge in [-0.1, -0.05) is 42.5 Å². The van der Waals surface area contributed by atoms with Gasteiger partial charge in [0.15, 0.2) is 9.84 Å². The molecule has 1 aliphatic rings. The van der Waals surface area contributed by atoms with Gasteiger partial charge in [0, 0.05) is 16.0 Å². The van der Waals surface area contributed by atoms with Crippen molar-refractivity contribution in [3.63, 3.8) is 0 Å². The van der Waals surface area contributed by atoms with Crippen molar-refractivity contribution in [1.82, 2.24) is 4.90 Å². The molecule has 1 fully saturated rings. The van der Waals surface area contributed by atoms with Gasteiger partial charge >= 0.3 is 6.09 Å². The third kappa shape index (κ3) is 4.80. The number of amides is 1. The number of sulfone groups is 1. The number of nitrogens with zero attached hydrogens (tertiary/aromatic N) is 1. The lowest BCUT2D eigenvalue weighted by Crippen LogP contribution is -2.43. The number of carbonyl (C=O) groups is 1. The zero-order valence-corrected chi connectivity index (χ0v) is 20.0. The Balaban J connectivity index is 1.66. The van der Waals surface area contributed by atoms with Gasteiger partial charge in [0.05, 0.1) is 4.90 Å². The SMILES string of the molecule is O=C(OCc1ccccc1)N1CCC(c2ccc(I)cc2)C1S(=O)(=O)c1ccc(F)cc1. The predicted octanol–water partition coefficient (Wildman–Crippen LogP) is 5.36. The van der Waals surface area contributed by atoms with Crippen LogP contribution >= 0.6 is 22.6 Å². The van der Waals surface area contributed by atoms with Gasteiger partial charge < -0.3 is 4.74 Å². The van der Waals surface area contributed by atoms with Crippen LogP contribution in [0.2, 0.25) is 0 Å². The molecule has 0 bridgehead atoms. The number of hydrogen-bond donors (Lipinski definition) is 0. The molecule has 0 N–H and O–H groups in total. The van der Waals surface area contributed by atoms with Gasteiger partial charge in [-0.25, -0.2) is 17.6 Å². The first-order valence-electron chi connectivity index (χ1n) is 10.1. The molecule has 0 radical (unpaired) electrons. The molecule has 3 aromatic rings. The minimum absolute atomic E-state index is 0.0258. The maximum Gasteiger partial charge on any atom is 0.411 e. The largest absolute Gasteiger partial charge is 0.445 e. The summed E-state index contributed by atoms with van der Waals surface area (Å²) in [6.45, 7) is 0.295. The molecule has 166 valence electrons. The Morgan fingerprint density at radius 1 is 1.00 bits per heavy atom. The monoisotopic (exact) mass is 565 g/mol. The van der Waals surface area contributed by atoms with Crippen molar-refractivity contribution < 1.29 is 22.3 Å². The molecule has 0 spiro atoms. The summed E-state index contributed by atoms with van der Waals surface area (Å²) in [6.07, 6.45) is -0.205. The van der Waals surface area contributed by atoms with E-state index in [1.54, 1.807) is 0 Å². The maximum absolute atomic E-state index is 13.6. The van der Waals surface area contributed by atoms with Crippen LogP contribution in [-0.4, -0.2) is 31.3 Å². The molecule has 2 unspecified atom stereocenters. The van der Waals surface area contributed by atoms with Gasteiger partial charge in [-0.05, 0) is 76.5 Å². The first-order chi connectivity index (χ1) is 15.4. The molecule has 3 aromatic carbocycles. The van der Waals surface area contributed by atoms with Crippen molar-refractivity contribution in [3.05, 3.63) is 99.4 Å². The van der Waals surface area contributed by atoms with E-state index in [1.165, 1.54) is 17.0 Å². The molecule has 4 rings (SSSR count). The maximum atomic E-state index is 13.6. The number of benzene rings is 3. The van der Waals surface area contributed by atoms with Crippen LogP contribution in [0.15, 0.2) is 83.8 Å². The quantitative estimate of drug-likeness (QED) is 0.309. The van der Waals surface area contributed by atoms with E-state index in [9.17, 15) is 17.6 Å². The highest BCUT2D eigenvalue weighted by atomic mass is 127. The highest BCUT2D eigenvalue weighted by Gasteiger charge is 2.47. The molecule has 1 saturated heterocycles. The van der Waals surface area contributed by atoms with E-state index in [0.29, 0.717) is 6.42 Å². The number of hydrogen-bond acceptors (Lipinski definition) is 4. The highest BCUT2D eigenvalue weighted by molar-refractivity contribution is 14.1. The van der Waals surface area contributed by atoms with Crippen LogP contribution in [-0.2, 0) is 21.2 Å². The summed E-state index contributed by atoms with van der Waals surface area (Å²) in [5.41, 5.74) is 1.65. The van der Waals surface area contributed by atoms with Crippen molar-refractivity contribution in [3.8, 4) is 0 Å². The van der Waals surface area contributed by atoms with E-state index >= 15 is 0 Å². The zero-order chi connectivity index (χ0) is 22.7. The van der Waals surface area contributed by atoms with Gasteiger partial charge in [-0.2, -0.15) is 0 Å². The lowest BCUT2D eigenvalue weighted by atomic mass is 9.98. The van der Waals surface area contributed by atoms with E-state index < -0.39 is 33.0 Å². The van der Waals surface area contributed by atoms with Crippen LogP contribution in [0.1, 0.15) is 23.5 Å². The molecule has 32 heavy (non-hydrogen) atoms. The number of rotatable bonds is 5. The minimum atomic E-state index is -3.98. The molecular formula is C24H21FINO4S. The van der Waals surface area contributed by atoms with Crippen LogP contribution in [0.5, 0.6) is 0 Å². The van der Waals surface area contributed by atoms with Gasteiger partial charge in [0.25, 0.3) is 0 Å². The summed E-state index contributed by atoms with van der Waals surface area (Å²) < 4.78 is 47.1. The molecule has 0 saturated carbocycles. The van der Waals surface area contributed by atoms with E-state index in [4.69, 9.17) is 4.74 Å². The average molecular weight is 565 g/mol. The summed E-state index contributed by atoms with van der Waals surface area (Å²) in [7, 11) is -3.98. The topological polar surface area (TPSA) is 63.7 Å². The lowest BCUT2D eigenvalue weighted by Gasteiger charge is -2.28. The Labute approximate surface area is 200 Å². The fraction of sp³-hybridized carbons (Fsp3) is 0.208. The number of carbonyl (C=O) groups excluding carboxylic acids is 1. The third-order valence-electron chi connectivity index (χ3n) is 5.53. The Morgan fingerprint density at radius 3 is 2.31 bits per heavy atom. The molecule has 8 heteroatoms. The molecular weight excluding hydrogens is 544 g/mol. The van der Waals surface area contributed by atoms with Crippen LogP contribution < -0.4 is 0 Å². The lowest BCUT2D eigenvalue weighted by molar-refractivity contribution is 0.0995. The Bertz CT molecular complexity index is 1180. The first kappa shape index (κ1) is 22.7. The fourth-order valence-electron chi connectivity index (χ4n) is 3.95. The van der Waals surface area contributed by atoms with E-state index in [1.807, 2.05) is 54.6 Å². The predicted molar refractivity (Wildman–Crippen MR) is 127 cm³/mol. The second-order valence-electron chi connectivity index (χ2n) is 7.57. The van der Waals surface area contributed by atoms with E-state index in [0.717, 1.165) is 26.8 Å². The second-order valence-corrected chi connectivity index (χ2v) is 10.9. The van der Waals surface area contributed by atoms with Crippen LogP contribution in [0.25, 0.3) is 0 Å². The highest BCUT2D eigenvalue weighted by Crippen LogP contribution is 2.39. The Hall–Kier alpha value is -2.46. The summed E-state index contributed by atoms with van der Waals surface area (Å²) >= 11 is 2.19. The second kappa shape index (κ2) is 9.58. The van der Waals surface area contributed by atoms with Crippen molar-refractivity contribution in [1.29, 1.82) is 0 Å². The van der Waals surface area contributed by atoms with Gasteiger partial charge in [0.1, 0.15) is 17.8 Å². The van der Waals surface area contributed by atoms with E-state index in [2.05, 4.69) is 22.6 Å². The Morgan fingerprint density at radius 2 is 1.66 bits per heavy atom. The third-order valence-corrected chi connectivity index (χ3v) is 8.40. The van der Waals surface area contributed by atoms with Crippen molar-refractivity contribution in [2.75, 3.05) is 6.54 Å². The van der Waals surface area contributed by atoms with Gasteiger partial charge in [-0.3, -0.25) is 4.90 Å². The number of halogens is 2. The smallest absolute Gasteiger partial charge is 0.411 e. The summed E-state index contributed by atoms with van der Waals surface area (Å²) in [4.78, 5) is 14.2. The molecule has 0 aromatic heterocycles. The van der Waals surface area contributed by atoms with E-state index in [-0.39, 0.29) is 18.0 Å². The Kier molecular flexibility index (Phi) is 6.80. The van der Waals surface area contributed by atoms with Gasteiger partial charge in [0.2, 0.25) is 0 Å². The average Bonchev–Trinajstić information content (AvgIpc) is 3.25. The van der Waals surface area contributed by atoms with Crippen molar-refractivity contribution >= 4 is 38.5 Å². The van der Waals surface area contributed by atoms with Crippen LogP contribution in [0.3, 0.4) is 0 Å². The van der Waals surface area contributed by atoms with Crippen molar-refractivity contribution in [2.45, 2.75) is 29.2 Å². The summed E-state index contributed by atoms with van der Waals surface area (Å²) in [5.74, 6) is -0.949. The van der Waals surface area contributed by atoms with Crippen molar-refractivity contribution in [2.24, 2.45) is 0 Å². The molecule has 2 atom stereocenters. The summed E-state index contributed by atoms with van der Waals surface area (Å²) in [5, 5.41) is -1.14. The number of likely N-dealkylation sites (tertiary alicyclic amines) is 1. The van der Waals surface area contributed by atoms with Gasteiger partial charge in [-0.15, -0.1) is 0 Å². The normalized spacial score (nSPS) is 18.5. The molecule has 0 aliphatic carbocycles. The van der Waals surface area contributed by atoms with Crippen LogP contribution in [0.4, 0.5) is 9.18 Å². The minimum Gasteiger partial charge on any atom is -0.445 e. The standard InChI is InChI=1S/C24H21FINO4S/c25-19-8-12-21(13-9-19)32(29,30)23-22(18-6-10-20(26)11-7-18)14-15-27(23)24(28)31-16-17-4-2-1-3-5-17/h1-13,22-23H,14-16H2.